The Morgan fingerprint density at radius 2 is 1.90 bits per heavy atom. The molecule has 0 saturated carbocycles. The van der Waals surface area contributed by atoms with Gasteiger partial charge in [0, 0.05) is 62.6 Å². The van der Waals surface area contributed by atoms with Crippen molar-refractivity contribution in [3.63, 3.8) is 0 Å². The zero-order valence-electron chi connectivity index (χ0n) is 17.5. The van der Waals surface area contributed by atoms with Crippen LogP contribution in [0.3, 0.4) is 0 Å². The molecule has 164 valence electrons. The summed E-state index contributed by atoms with van der Waals surface area (Å²) in [6.45, 7) is 6.36. The van der Waals surface area contributed by atoms with E-state index >= 15 is 0 Å². The number of piperidine rings is 1. The van der Waals surface area contributed by atoms with Gasteiger partial charge in [0.1, 0.15) is 0 Å². The van der Waals surface area contributed by atoms with Gasteiger partial charge in [-0.3, -0.25) is 14.5 Å². The summed E-state index contributed by atoms with van der Waals surface area (Å²) in [4.78, 5) is 31.2. The van der Waals surface area contributed by atoms with Gasteiger partial charge in [0.05, 0.1) is 12.0 Å². The van der Waals surface area contributed by atoms with Crippen LogP contribution in [0.1, 0.15) is 25.7 Å². The van der Waals surface area contributed by atoms with Crippen LogP contribution in [0.25, 0.3) is 0 Å². The number of amides is 2. The molecule has 3 aliphatic heterocycles. The Labute approximate surface area is 183 Å². The Bertz CT molecular complexity index is 773. The third kappa shape index (κ3) is 4.58. The van der Waals surface area contributed by atoms with E-state index < -0.39 is 0 Å². The normalized spacial score (nSPS) is 24.3. The Hall–Kier alpha value is -1.83. The van der Waals surface area contributed by atoms with E-state index in [4.69, 9.17) is 17.3 Å². The van der Waals surface area contributed by atoms with Crippen molar-refractivity contribution in [1.29, 1.82) is 0 Å². The Morgan fingerprint density at radius 1 is 1.17 bits per heavy atom. The van der Waals surface area contributed by atoms with Crippen LogP contribution in [0.15, 0.2) is 24.3 Å². The number of anilines is 1. The number of piperazine rings is 1. The second-order valence-corrected chi connectivity index (χ2v) is 9.27. The predicted octanol–water partition coefficient (Wildman–Crippen LogP) is 1.31. The average molecular weight is 434 g/mol. The molecule has 0 aliphatic carbocycles. The molecule has 4 rings (SSSR count). The van der Waals surface area contributed by atoms with Gasteiger partial charge in [-0.05, 0) is 43.9 Å². The highest BCUT2D eigenvalue weighted by molar-refractivity contribution is 6.30. The molecule has 3 N–H and O–H groups in total. The first-order chi connectivity index (χ1) is 14.5. The summed E-state index contributed by atoms with van der Waals surface area (Å²) >= 11 is 6.12. The number of nitrogens with two attached hydrogens (primary N) is 1. The highest BCUT2D eigenvalue weighted by atomic mass is 35.5. The number of nitrogens with one attached hydrogen (secondary N) is 1. The smallest absolute Gasteiger partial charge is 0.236 e. The highest BCUT2D eigenvalue weighted by Crippen LogP contribution is 2.41. The average Bonchev–Trinajstić information content (AvgIpc) is 3.07. The van der Waals surface area contributed by atoms with E-state index in [0.717, 1.165) is 63.4 Å². The number of rotatable bonds is 5. The van der Waals surface area contributed by atoms with E-state index in [9.17, 15) is 9.59 Å². The molecule has 2 amide bonds. The van der Waals surface area contributed by atoms with E-state index in [-0.39, 0.29) is 29.8 Å². The number of likely N-dealkylation sites (tertiary alicyclic amines) is 1. The molecule has 3 fully saturated rings. The van der Waals surface area contributed by atoms with Gasteiger partial charge in [-0.2, -0.15) is 0 Å². The summed E-state index contributed by atoms with van der Waals surface area (Å²) in [6, 6.07) is 8.28. The molecule has 8 heteroatoms. The van der Waals surface area contributed by atoms with Crippen molar-refractivity contribution in [2.45, 2.75) is 31.7 Å². The van der Waals surface area contributed by atoms with E-state index in [1.54, 1.807) is 4.90 Å². The standard InChI is InChI=1S/C22H32ClN5O2/c23-17-2-1-3-19(14-17)27-12-10-26(11-13-27)7-4-18-15-22(21(30)25-18)5-8-28(9-6-22)20(29)16-24/h1-3,14,18H,4-13,15-16,24H2,(H,25,30)/t18-/m0/s1. The molecule has 0 bridgehead atoms. The predicted molar refractivity (Wildman–Crippen MR) is 119 cm³/mol. The number of carbonyl (C=O) groups is 2. The lowest BCUT2D eigenvalue weighted by Gasteiger charge is -2.37. The molecule has 1 aromatic carbocycles. The molecular weight excluding hydrogens is 402 g/mol. The summed E-state index contributed by atoms with van der Waals surface area (Å²) in [5.41, 5.74) is 6.37. The monoisotopic (exact) mass is 433 g/mol. The van der Waals surface area contributed by atoms with Crippen LogP contribution in [0.4, 0.5) is 5.69 Å². The molecule has 0 unspecified atom stereocenters. The second-order valence-electron chi connectivity index (χ2n) is 8.84. The van der Waals surface area contributed by atoms with Gasteiger partial charge in [-0.1, -0.05) is 17.7 Å². The largest absolute Gasteiger partial charge is 0.369 e. The van der Waals surface area contributed by atoms with Crippen LogP contribution in [0.2, 0.25) is 5.02 Å². The quantitative estimate of drug-likeness (QED) is 0.731. The lowest BCUT2D eigenvalue weighted by Crippen LogP contribution is -2.47. The van der Waals surface area contributed by atoms with Gasteiger partial charge in [0.15, 0.2) is 0 Å². The van der Waals surface area contributed by atoms with Gasteiger partial charge < -0.3 is 20.9 Å². The fraction of sp³-hybridized carbons (Fsp3) is 0.636. The van der Waals surface area contributed by atoms with Crippen molar-refractivity contribution in [1.82, 2.24) is 15.1 Å². The molecular formula is C22H32ClN5O2. The lowest BCUT2D eigenvalue weighted by molar-refractivity contribution is -0.137. The minimum absolute atomic E-state index is 0.0169. The summed E-state index contributed by atoms with van der Waals surface area (Å²) in [5.74, 6) is 0.162. The van der Waals surface area contributed by atoms with Crippen molar-refractivity contribution in [3.8, 4) is 0 Å². The first-order valence-corrected chi connectivity index (χ1v) is 11.4. The van der Waals surface area contributed by atoms with Crippen molar-refractivity contribution in [2.24, 2.45) is 11.1 Å². The molecule has 0 radical (unpaired) electrons. The fourth-order valence-electron chi connectivity index (χ4n) is 5.11. The zero-order chi connectivity index (χ0) is 21.1. The number of hydrogen-bond acceptors (Lipinski definition) is 5. The van der Waals surface area contributed by atoms with Crippen molar-refractivity contribution < 1.29 is 9.59 Å². The van der Waals surface area contributed by atoms with Gasteiger partial charge in [0.25, 0.3) is 0 Å². The van der Waals surface area contributed by atoms with Crippen LogP contribution in [0.5, 0.6) is 0 Å². The molecule has 7 nitrogen and oxygen atoms in total. The van der Waals surface area contributed by atoms with E-state index in [0.29, 0.717) is 13.1 Å². The van der Waals surface area contributed by atoms with E-state index in [1.807, 2.05) is 18.2 Å². The maximum Gasteiger partial charge on any atom is 0.236 e. The summed E-state index contributed by atoms with van der Waals surface area (Å²) < 4.78 is 0. The molecule has 1 spiro atoms. The van der Waals surface area contributed by atoms with E-state index in [2.05, 4.69) is 21.2 Å². The molecule has 0 aromatic heterocycles. The lowest BCUT2D eigenvalue weighted by atomic mass is 9.75. The molecule has 3 heterocycles. The first-order valence-electron chi connectivity index (χ1n) is 11.0. The molecule has 30 heavy (non-hydrogen) atoms. The van der Waals surface area contributed by atoms with Gasteiger partial charge in [-0.15, -0.1) is 0 Å². The topological polar surface area (TPSA) is 81.9 Å². The Morgan fingerprint density at radius 3 is 2.57 bits per heavy atom. The second kappa shape index (κ2) is 9.12. The number of carbonyl (C=O) groups excluding carboxylic acids is 2. The first kappa shape index (κ1) is 21.4. The SMILES string of the molecule is NCC(=O)N1CCC2(CC1)C[C@H](CCN1CCN(c3cccc(Cl)c3)CC1)NC2=O. The highest BCUT2D eigenvalue weighted by Gasteiger charge is 2.48. The third-order valence-electron chi connectivity index (χ3n) is 7.04. The van der Waals surface area contributed by atoms with Crippen molar-refractivity contribution in [2.75, 3.05) is 57.3 Å². The summed E-state index contributed by atoms with van der Waals surface area (Å²) in [7, 11) is 0. The minimum atomic E-state index is -0.290. The van der Waals surface area contributed by atoms with Gasteiger partial charge in [-0.25, -0.2) is 0 Å². The van der Waals surface area contributed by atoms with Crippen molar-refractivity contribution >= 4 is 29.1 Å². The van der Waals surface area contributed by atoms with Crippen LogP contribution >= 0.6 is 11.6 Å². The molecule has 3 aliphatic rings. The molecule has 1 atom stereocenters. The number of halogens is 1. The minimum Gasteiger partial charge on any atom is -0.369 e. The van der Waals surface area contributed by atoms with Crippen molar-refractivity contribution in [3.05, 3.63) is 29.3 Å². The van der Waals surface area contributed by atoms with E-state index in [1.165, 1.54) is 5.69 Å². The van der Waals surface area contributed by atoms with Crippen LogP contribution in [-0.2, 0) is 9.59 Å². The van der Waals surface area contributed by atoms with Crippen LogP contribution in [-0.4, -0.2) is 80.0 Å². The summed E-state index contributed by atoms with van der Waals surface area (Å²) in [5, 5.41) is 4.01. The zero-order valence-corrected chi connectivity index (χ0v) is 18.2. The molecule has 3 saturated heterocycles. The number of benzene rings is 1. The molecule has 1 aromatic rings. The Balaban J connectivity index is 1.22. The van der Waals surface area contributed by atoms with Gasteiger partial charge >= 0.3 is 0 Å². The maximum absolute atomic E-state index is 12.7. The number of hydrogen-bond donors (Lipinski definition) is 2. The fourth-order valence-corrected chi connectivity index (χ4v) is 5.30. The summed E-state index contributed by atoms with van der Waals surface area (Å²) in [6.07, 6.45) is 3.37. The van der Waals surface area contributed by atoms with Crippen LogP contribution < -0.4 is 16.0 Å². The van der Waals surface area contributed by atoms with Gasteiger partial charge in [0.2, 0.25) is 11.8 Å². The number of nitrogens with zero attached hydrogens (tertiary/aromatic N) is 3. The Kier molecular flexibility index (Phi) is 6.51. The maximum atomic E-state index is 12.7. The van der Waals surface area contributed by atoms with Crippen LogP contribution in [0, 0.1) is 5.41 Å². The third-order valence-corrected chi connectivity index (χ3v) is 7.28.